The van der Waals surface area contributed by atoms with Crippen molar-refractivity contribution >= 4 is 12.4 Å². The molecule has 5 nitrogen and oxygen atoms in total. The van der Waals surface area contributed by atoms with Crippen molar-refractivity contribution in [2.24, 2.45) is 7.05 Å². The van der Waals surface area contributed by atoms with Crippen molar-refractivity contribution in [3.63, 3.8) is 0 Å². The van der Waals surface area contributed by atoms with Crippen LogP contribution in [0.25, 0.3) is 0 Å². The molecule has 0 fully saturated rings. The van der Waals surface area contributed by atoms with E-state index < -0.39 is 24.0 Å². The van der Waals surface area contributed by atoms with E-state index in [2.05, 4.69) is 15.4 Å². The summed E-state index contributed by atoms with van der Waals surface area (Å²) in [5, 5.41) is 10.8. The predicted octanol–water partition coefficient (Wildman–Crippen LogP) is -2.01. The Balaban J connectivity index is 0.00000200. The van der Waals surface area contributed by atoms with Gasteiger partial charge in [0.25, 0.3) is 0 Å². The van der Waals surface area contributed by atoms with Crippen molar-refractivity contribution in [3.8, 4) is 5.75 Å². The molecule has 0 bridgehead atoms. The summed E-state index contributed by atoms with van der Waals surface area (Å²) in [5.41, 5.74) is -0.927. The van der Waals surface area contributed by atoms with Gasteiger partial charge in [-0.3, -0.25) is 0 Å². The first kappa shape index (κ1) is 17.6. The molecule has 0 unspecified atom stereocenters. The Morgan fingerprint density at radius 3 is 2.55 bits per heavy atom. The summed E-state index contributed by atoms with van der Waals surface area (Å²) in [6.45, 7) is -5.47. The van der Waals surface area contributed by atoms with Crippen LogP contribution in [0, 0.1) is 5.82 Å². The normalized spacial score (nSPS) is 11.1. The van der Waals surface area contributed by atoms with E-state index >= 15 is 0 Å². The standard InChI is InChI=1S/C9H8BF4N4O.K/c1-18-16-9(15-17-18)5-19-8-4-6(10(12,13)14)2-3-7(8)11;/h2-4H,5H2,1H3;/q-1;+1. The fraction of sp³-hybridized carbons (Fsp3) is 0.222. The van der Waals surface area contributed by atoms with Crippen LogP contribution < -0.4 is 61.6 Å². The Morgan fingerprint density at radius 1 is 1.30 bits per heavy atom. The zero-order valence-electron chi connectivity index (χ0n) is 10.7. The number of tetrazole rings is 1. The molecule has 1 aromatic carbocycles. The van der Waals surface area contributed by atoms with Gasteiger partial charge in [-0.1, -0.05) is 6.07 Å². The Hall–Kier alpha value is -0.489. The summed E-state index contributed by atoms with van der Waals surface area (Å²) in [7, 11) is 1.52. The van der Waals surface area contributed by atoms with Crippen molar-refractivity contribution in [2.45, 2.75) is 6.61 Å². The number of benzene rings is 1. The van der Waals surface area contributed by atoms with Crippen LogP contribution >= 0.6 is 0 Å². The quantitative estimate of drug-likeness (QED) is 0.483. The molecule has 0 atom stereocenters. The third-order valence-electron chi connectivity index (χ3n) is 2.24. The summed E-state index contributed by atoms with van der Waals surface area (Å²) in [5.74, 6) is -1.23. The molecule has 11 heteroatoms. The van der Waals surface area contributed by atoms with Crippen LogP contribution in [-0.2, 0) is 13.7 Å². The van der Waals surface area contributed by atoms with E-state index in [4.69, 9.17) is 4.74 Å². The molecule has 1 aromatic heterocycles. The van der Waals surface area contributed by atoms with Gasteiger partial charge in [0.1, 0.15) is 0 Å². The molecule has 0 N–H and O–H groups in total. The number of rotatable bonds is 4. The van der Waals surface area contributed by atoms with Gasteiger partial charge in [-0.2, -0.15) is 4.80 Å². The average Bonchev–Trinajstić information content (AvgIpc) is 2.72. The van der Waals surface area contributed by atoms with Crippen molar-refractivity contribution in [2.75, 3.05) is 0 Å². The second kappa shape index (κ2) is 6.98. The van der Waals surface area contributed by atoms with Crippen molar-refractivity contribution in [1.82, 2.24) is 20.2 Å². The van der Waals surface area contributed by atoms with E-state index in [-0.39, 0.29) is 63.8 Å². The Bertz CT molecular complexity index is 592. The summed E-state index contributed by atoms with van der Waals surface area (Å²) in [6, 6.07) is 2.00. The van der Waals surface area contributed by atoms with Gasteiger partial charge in [0.15, 0.2) is 18.2 Å². The second-order valence-corrected chi connectivity index (χ2v) is 3.75. The SMILES string of the molecule is Cn1nnc(COc2cc([B-](F)(F)F)ccc2F)n1.[K+]. The van der Waals surface area contributed by atoms with Crippen molar-refractivity contribution in [3.05, 3.63) is 29.8 Å². The Labute approximate surface area is 154 Å². The molecule has 0 saturated carbocycles. The first-order valence-electron chi connectivity index (χ1n) is 5.21. The minimum atomic E-state index is -5.20. The maximum atomic E-state index is 13.3. The molecular formula is C9H8BF4KN4O. The fourth-order valence-corrected chi connectivity index (χ4v) is 1.36. The molecule has 1 heterocycles. The number of aromatic nitrogens is 4. The van der Waals surface area contributed by atoms with Gasteiger partial charge in [0.2, 0.25) is 5.82 Å². The molecule has 0 aliphatic carbocycles. The third kappa shape index (κ3) is 4.52. The number of halogens is 4. The van der Waals surface area contributed by atoms with Gasteiger partial charge >= 0.3 is 58.4 Å². The van der Waals surface area contributed by atoms with E-state index in [1.54, 1.807) is 0 Å². The third-order valence-corrected chi connectivity index (χ3v) is 2.24. The summed E-state index contributed by atoms with van der Waals surface area (Å²) in [4.78, 5) is 1.16. The molecule has 20 heavy (non-hydrogen) atoms. The molecule has 2 aromatic rings. The molecule has 0 radical (unpaired) electrons. The zero-order valence-corrected chi connectivity index (χ0v) is 13.8. The topological polar surface area (TPSA) is 52.8 Å². The first-order chi connectivity index (χ1) is 8.86. The molecule has 0 saturated heterocycles. The van der Waals surface area contributed by atoms with Crippen LogP contribution in [0.5, 0.6) is 5.75 Å². The first-order valence-corrected chi connectivity index (χ1v) is 5.21. The summed E-state index contributed by atoms with van der Waals surface area (Å²) >= 11 is 0. The van der Waals surface area contributed by atoms with Gasteiger partial charge in [0, 0.05) is 0 Å². The predicted molar refractivity (Wildman–Crippen MR) is 58.2 cm³/mol. The Morgan fingerprint density at radius 2 is 2.00 bits per heavy atom. The molecule has 0 aliphatic rings. The van der Waals surface area contributed by atoms with Gasteiger partial charge in [-0.15, -0.1) is 15.7 Å². The van der Waals surface area contributed by atoms with E-state index in [0.29, 0.717) is 18.2 Å². The van der Waals surface area contributed by atoms with Crippen LogP contribution in [0.2, 0.25) is 0 Å². The van der Waals surface area contributed by atoms with E-state index in [1.165, 1.54) is 7.05 Å². The number of hydrogen-bond donors (Lipinski definition) is 0. The maximum Gasteiger partial charge on any atom is 1.00 e. The molecule has 0 amide bonds. The van der Waals surface area contributed by atoms with E-state index in [1.807, 2.05) is 0 Å². The van der Waals surface area contributed by atoms with Gasteiger partial charge in [-0.05, 0) is 17.3 Å². The van der Waals surface area contributed by atoms with Crippen molar-refractivity contribution < 1.29 is 73.5 Å². The minimum absolute atomic E-state index is 0. The fourth-order valence-electron chi connectivity index (χ4n) is 1.36. The van der Waals surface area contributed by atoms with Gasteiger partial charge < -0.3 is 17.7 Å². The van der Waals surface area contributed by atoms with Crippen molar-refractivity contribution in [1.29, 1.82) is 0 Å². The molecule has 0 spiro atoms. The second-order valence-electron chi connectivity index (χ2n) is 3.75. The monoisotopic (exact) mass is 314 g/mol. The Kier molecular flexibility index (Phi) is 6.13. The smallest absolute Gasteiger partial charge is 0.483 e. The minimum Gasteiger partial charge on any atom is -0.483 e. The van der Waals surface area contributed by atoms with Gasteiger partial charge in [-0.25, -0.2) is 4.39 Å². The van der Waals surface area contributed by atoms with Gasteiger partial charge in [0.05, 0.1) is 7.05 Å². The van der Waals surface area contributed by atoms with E-state index in [9.17, 15) is 17.3 Å². The molecule has 2 rings (SSSR count). The van der Waals surface area contributed by atoms with Crippen LogP contribution in [0.1, 0.15) is 5.82 Å². The van der Waals surface area contributed by atoms with Crippen LogP contribution in [0.15, 0.2) is 18.2 Å². The summed E-state index contributed by atoms with van der Waals surface area (Å²) in [6.07, 6.45) is 0. The largest absolute Gasteiger partial charge is 1.00 e. The van der Waals surface area contributed by atoms with Crippen LogP contribution in [0.3, 0.4) is 0 Å². The molecule has 102 valence electrons. The maximum absolute atomic E-state index is 13.3. The summed E-state index contributed by atoms with van der Waals surface area (Å²) < 4.78 is 55.8. The van der Waals surface area contributed by atoms with E-state index in [0.717, 1.165) is 4.80 Å². The number of ether oxygens (including phenoxy) is 1. The molecular weight excluding hydrogens is 306 g/mol. The average molecular weight is 314 g/mol. The number of nitrogens with zero attached hydrogens (tertiary/aromatic N) is 4. The van der Waals surface area contributed by atoms with Crippen LogP contribution in [0.4, 0.5) is 17.3 Å². The van der Waals surface area contributed by atoms with Crippen LogP contribution in [-0.4, -0.2) is 27.2 Å². The zero-order chi connectivity index (χ0) is 14.0. The number of hydrogen-bond acceptors (Lipinski definition) is 4. The molecule has 0 aliphatic heterocycles. The number of aryl methyl sites for hydroxylation is 1.